The molecule has 1 heterocycles. The van der Waals surface area contributed by atoms with Crippen LogP contribution in [0.25, 0.3) is 0 Å². The topological polar surface area (TPSA) is 73.5 Å². The van der Waals surface area contributed by atoms with Crippen LogP contribution in [-0.4, -0.2) is 48.9 Å². The van der Waals surface area contributed by atoms with E-state index in [9.17, 15) is 9.59 Å². The Balaban J connectivity index is 1.76. The Morgan fingerprint density at radius 1 is 1.30 bits per heavy atom. The van der Waals surface area contributed by atoms with Gasteiger partial charge in [0, 0.05) is 31.2 Å². The molecule has 6 heteroatoms. The van der Waals surface area contributed by atoms with Gasteiger partial charge in [0.05, 0.1) is 6.54 Å². The molecule has 2 rings (SSSR count). The van der Waals surface area contributed by atoms with Crippen molar-refractivity contribution >= 4 is 11.8 Å². The van der Waals surface area contributed by atoms with Crippen LogP contribution in [0.3, 0.4) is 0 Å². The second kappa shape index (κ2) is 7.02. The van der Waals surface area contributed by atoms with Gasteiger partial charge in [0.1, 0.15) is 0 Å². The number of hydrogen-bond donors (Lipinski definition) is 3. The Bertz CT molecular complexity index is 464. The largest absolute Gasteiger partial charge is 0.314 e. The van der Waals surface area contributed by atoms with Gasteiger partial charge in [-0.15, -0.1) is 0 Å². The molecule has 20 heavy (non-hydrogen) atoms. The normalized spacial score (nSPS) is 19.4. The molecule has 0 radical (unpaired) electrons. The average molecular weight is 276 g/mol. The van der Waals surface area contributed by atoms with E-state index >= 15 is 0 Å². The Morgan fingerprint density at radius 3 is 2.75 bits per heavy atom. The molecule has 1 fully saturated rings. The first-order valence-corrected chi connectivity index (χ1v) is 6.76. The molecule has 1 aromatic carbocycles. The SMILES string of the molecule is C[C@@H]1CNCCN1CC(=O)NNC(=O)c1ccccc1. The van der Waals surface area contributed by atoms with Crippen LogP contribution in [-0.2, 0) is 4.79 Å². The molecule has 1 aromatic rings. The molecule has 1 saturated heterocycles. The molecular formula is C14H20N4O2. The van der Waals surface area contributed by atoms with Crippen molar-refractivity contribution in [2.24, 2.45) is 0 Å². The number of carbonyl (C=O) groups excluding carboxylic acids is 2. The van der Waals surface area contributed by atoms with Crippen LogP contribution < -0.4 is 16.2 Å². The van der Waals surface area contributed by atoms with Gasteiger partial charge in [-0.3, -0.25) is 25.3 Å². The third-order valence-electron chi connectivity index (χ3n) is 3.34. The standard InChI is InChI=1S/C14H20N4O2/c1-11-9-15-7-8-18(11)10-13(19)16-17-14(20)12-5-3-2-4-6-12/h2-6,11,15H,7-10H2,1H3,(H,16,19)(H,17,20)/t11-/m1/s1. The summed E-state index contributed by atoms with van der Waals surface area (Å²) < 4.78 is 0. The number of rotatable bonds is 3. The third-order valence-corrected chi connectivity index (χ3v) is 3.34. The van der Waals surface area contributed by atoms with E-state index in [1.54, 1.807) is 24.3 Å². The van der Waals surface area contributed by atoms with Gasteiger partial charge in [-0.1, -0.05) is 18.2 Å². The molecule has 0 spiro atoms. The lowest BCUT2D eigenvalue weighted by Crippen LogP contribution is -2.54. The number of hydrogen-bond acceptors (Lipinski definition) is 4. The van der Waals surface area contributed by atoms with Crippen LogP contribution in [0.5, 0.6) is 0 Å². The first-order chi connectivity index (χ1) is 9.66. The van der Waals surface area contributed by atoms with Crippen molar-refractivity contribution in [1.29, 1.82) is 0 Å². The summed E-state index contributed by atoms with van der Waals surface area (Å²) in [7, 11) is 0. The van der Waals surface area contributed by atoms with Gasteiger partial charge >= 0.3 is 0 Å². The summed E-state index contributed by atoms with van der Waals surface area (Å²) in [5.41, 5.74) is 5.39. The van der Waals surface area contributed by atoms with E-state index in [1.165, 1.54) is 0 Å². The third kappa shape index (κ3) is 4.04. The summed E-state index contributed by atoms with van der Waals surface area (Å²) in [5, 5.41) is 3.27. The number of hydrazine groups is 1. The van der Waals surface area contributed by atoms with Crippen molar-refractivity contribution < 1.29 is 9.59 Å². The van der Waals surface area contributed by atoms with Gasteiger partial charge in [-0.25, -0.2) is 0 Å². The number of amides is 2. The second-order valence-corrected chi connectivity index (χ2v) is 4.89. The fourth-order valence-corrected chi connectivity index (χ4v) is 2.13. The van der Waals surface area contributed by atoms with Gasteiger partial charge < -0.3 is 5.32 Å². The van der Waals surface area contributed by atoms with E-state index in [0.29, 0.717) is 11.6 Å². The molecule has 1 aliphatic rings. The van der Waals surface area contributed by atoms with E-state index in [4.69, 9.17) is 0 Å². The molecule has 1 aliphatic heterocycles. The van der Waals surface area contributed by atoms with Crippen LogP contribution in [0.4, 0.5) is 0 Å². The number of piperazine rings is 1. The molecule has 0 unspecified atom stereocenters. The summed E-state index contributed by atoms with van der Waals surface area (Å²) in [6.45, 7) is 4.96. The lowest BCUT2D eigenvalue weighted by atomic mass is 10.2. The van der Waals surface area contributed by atoms with Crippen molar-refractivity contribution in [3.63, 3.8) is 0 Å². The van der Waals surface area contributed by atoms with Crippen LogP contribution in [0.15, 0.2) is 30.3 Å². The van der Waals surface area contributed by atoms with Crippen molar-refractivity contribution in [3.8, 4) is 0 Å². The minimum absolute atomic E-state index is 0.206. The first kappa shape index (κ1) is 14.5. The summed E-state index contributed by atoms with van der Waals surface area (Å²) in [6, 6.07) is 9.10. The Labute approximate surface area is 118 Å². The van der Waals surface area contributed by atoms with E-state index in [1.807, 2.05) is 6.07 Å². The highest BCUT2D eigenvalue weighted by molar-refractivity contribution is 5.95. The number of nitrogens with one attached hydrogen (secondary N) is 3. The van der Waals surface area contributed by atoms with Crippen LogP contribution in [0, 0.1) is 0 Å². The quantitative estimate of drug-likeness (QED) is 0.665. The predicted octanol–water partition coefficient (Wildman–Crippen LogP) is -0.259. The number of carbonyl (C=O) groups is 2. The van der Waals surface area contributed by atoms with Gasteiger partial charge in [0.2, 0.25) is 0 Å². The maximum Gasteiger partial charge on any atom is 0.269 e. The van der Waals surface area contributed by atoms with Gasteiger partial charge in [0.15, 0.2) is 0 Å². The van der Waals surface area contributed by atoms with E-state index in [-0.39, 0.29) is 18.4 Å². The monoisotopic (exact) mass is 276 g/mol. The molecule has 3 N–H and O–H groups in total. The molecular weight excluding hydrogens is 256 g/mol. The Kier molecular flexibility index (Phi) is 5.09. The predicted molar refractivity (Wildman–Crippen MR) is 76.0 cm³/mol. The highest BCUT2D eigenvalue weighted by atomic mass is 16.2. The van der Waals surface area contributed by atoms with Crippen molar-refractivity contribution in [2.75, 3.05) is 26.2 Å². The van der Waals surface area contributed by atoms with E-state index in [0.717, 1.165) is 19.6 Å². The van der Waals surface area contributed by atoms with Crippen LogP contribution >= 0.6 is 0 Å². The molecule has 0 aliphatic carbocycles. The minimum Gasteiger partial charge on any atom is -0.314 e. The highest BCUT2D eigenvalue weighted by Crippen LogP contribution is 2.01. The first-order valence-electron chi connectivity index (χ1n) is 6.76. The maximum absolute atomic E-state index is 11.8. The fraction of sp³-hybridized carbons (Fsp3) is 0.429. The zero-order valence-corrected chi connectivity index (χ0v) is 11.6. The molecule has 0 saturated carbocycles. The summed E-state index contributed by atoms with van der Waals surface area (Å²) in [5.74, 6) is -0.518. The molecule has 6 nitrogen and oxygen atoms in total. The molecule has 1 atom stereocenters. The molecule has 2 amide bonds. The van der Waals surface area contributed by atoms with Crippen molar-refractivity contribution in [2.45, 2.75) is 13.0 Å². The average Bonchev–Trinajstić information content (AvgIpc) is 2.48. The zero-order valence-electron chi connectivity index (χ0n) is 11.6. The Morgan fingerprint density at radius 2 is 2.05 bits per heavy atom. The van der Waals surface area contributed by atoms with Crippen molar-refractivity contribution in [3.05, 3.63) is 35.9 Å². The maximum atomic E-state index is 11.8. The molecule has 0 bridgehead atoms. The second-order valence-electron chi connectivity index (χ2n) is 4.89. The fourth-order valence-electron chi connectivity index (χ4n) is 2.13. The summed E-state index contributed by atoms with van der Waals surface area (Å²) in [6.07, 6.45) is 0. The van der Waals surface area contributed by atoms with Crippen LogP contribution in [0.2, 0.25) is 0 Å². The molecule has 108 valence electrons. The van der Waals surface area contributed by atoms with Gasteiger partial charge in [-0.05, 0) is 19.1 Å². The summed E-state index contributed by atoms with van der Waals surface area (Å²) in [4.78, 5) is 25.6. The smallest absolute Gasteiger partial charge is 0.269 e. The van der Waals surface area contributed by atoms with Crippen molar-refractivity contribution in [1.82, 2.24) is 21.1 Å². The lowest BCUT2D eigenvalue weighted by molar-refractivity contribution is -0.123. The number of nitrogens with zero attached hydrogens (tertiary/aromatic N) is 1. The number of benzene rings is 1. The molecule has 0 aromatic heterocycles. The van der Waals surface area contributed by atoms with Gasteiger partial charge in [0.25, 0.3) is 11.8 Å². The van der Waals surface area contributed by atoms with E-state index < -0.39 is 0 Å². The summed E-state index contributed by atoms with van der Waals surface area (Å²) >= 11 is 0. The lowest BCUT2D eigenvalue weighted by Gasteiger charge is -2.33. The Hall–Kier alpha value is -1.92. The van der Waals surface area contributed by atoms with Gasteiger partial charge in [-0.2, -0.15) is 0 Å². The minimum atomic E-state index is -0.313. The zero-order chi connectivity index (χ0) is 14.4. The highest BCUT2D eigenvalue weighted by Gasteiger charge is 2.20. The van der Waals surface area contributed by atoms with Crippen LogP contribution in [0.1, 0.15) is 17.3 Å². The van der Waals surface area contributed by atoms with E-state index in [2.05, 4.69) is 28.0 Å².